The zero-order chi connectivity index (χ0) is 23.2. The molecule has 0 aliphatic carbocycles. The zero-order valence-corrected chi connectivity index (χ0v) is 16.9. The molecule has 4 aromatic heterocycles. The normalized spacial score (nSPS) is 18.7. The number of ether oxygens (including phenoxy) is 1. The molecule has 4 aromatic rings. The highest BCUT2D eigenvalue weighted by Crippen LogP contribution is 2.31. The Hall–Kier alpha value is -3.70. The average molecular weight is 455 g/mol. The fraction of sp³-hybridized carbons (Fsp3) is 0.227. The number of nitrogens with zero attached hydrogens (tertiary/aromatic N) is 5. The summed E-state index contributed by atoms with van der Waals surface area (Å²) in [6.45, 7) is 0.259. The van der Waals surface area contributed by atoms with Crippen LogP contribution in [0, 0.1) is 0 Å². The molecule has 11 heteroatoms. The van der Waals surface area contributed by atoms with Crippen molar-refractivity contribution >= 4 is 10.9 Å². The molecule has 0 spiro atoms. The minimum absolute atomic E-state index is 0.104. The van der Waals surface area contributed by atoms with E-state index < -0.39 is 29.4 Å². The van der Waals surface area contributed by atoms with Gasteiger partial charge in [0, 0.05) is 24.2 Å². The van der Waals surface area contributed by atoms with Gasteiger partial charge in [-0.1, -0.05) is 0 Å². The van der Waals surface area contributed by atoms with Crippen LogP contribution in [-0.2, 0) is 10.9 Å². The summed E-state index contributed by atoms with van der Waals surface area (Å²) >= 11 is 0. The molecule has 1 aliphatic heterocycles. The number of hydrogen-bond acceptors (Lipinski definition) is 7. The summed E-state index contributed by atoms with van der Waals surface area (Å²) < 4.78 is 45.4. The van der Waals surface area contributed by atoms with Gasteiger partial charge in [0.15, 0.2) is 0 Å². The molecular weight excluding hydrogens is 439 g/mol. The fourth-order valence-electron chi connectivity index (χ4n) is 3.73. The van der Waals surface area contributed by atoms with Gasteiger partial charge in [-0.25, -0.2) is 9.97 Å². The number of halogens is 3. The minimum Gasteiger partial charge on any atom is -0.388 e. The SMILES string of the molecule is O=c1c2cc(-c3ccc(C(F)(F)F)cn3)nc(-c3cccnc3)c2ncn1[C@@H]1COC[C@H]1O. The lowest BCUT2D eigenvalue weighted by atomic mass is 10.1. The Morgan fingerprint density at radius 2 is 1.94 bits per heavy atom. The summed E-state index contributed by atoms with van der Waals surface area (Å²) in [5.41, 5.74) is 0.251. The third kappa shape index (κ3) is 3.85. The Morgan fingerprint density at radius 1 is 1.09 bits per heavy atom. The van der Waals surface area contributed by atoms with Gasteiger partial charge >= 0.3 is 6.18 Å². The van der Waals surface area contributed by atoms with Gasteiger partial charge in [0.1, 0.15) is 11.6 Å². The topological polar surface area (TPSA) is 103 Å². The molecule has 1 saturated heterocycles. The Kier molecular flexibility index (Phi) is 5.14. The van der Waals surface area contributed by atoms with E-state index in [2.05, 4.69) is 19.9 Å². The summed E-state index contributed by atoms with van der Waals surface area (Å²) in [7, 11) is 0. The number of pyridine rings is 3. The van der Waals surface area contributed by atoms with E-state index in [1.54, 1.807) is 24.5 Å². The Morgan fingerprint density at radius 3 is 2.58 bits per heavy atom. The van der Waals surface area contributed by atoms with Crippen LogP contribution in [0.1, 0.15) is 11.6 Å². The van der Waals surface area contributed by atoms with Crippen molar-refractivity contribution in [3.8, 4) is 22.6 Å². The highest BCUT2D eigenvalue weighted by Gasteiger charge is 2.31. The molecule has 0 amide bonds. The summed E-state index contributed by atoms with van der Waals surface area (Å²) in [6, 6.07) is 6.38. The van der Waals surface area contributed by atoms with Crippen molar-refractivity contribution in [2.24, 2.45) is 0 Å². The molecular formula is C22H16F3N5O3. The highest BCUT2D eigenvalue weighted by atomic mass is 19.4. The van der Waals surface area contributed by atoms with Crippen LogP contribution < -0.4 is 5.56 Å². The van der Waals surface area contributed by atoms with Gasteiger partial charge in [0.25, 0.3) is 5.56 Å². The summed E-state index contributed by atoms with van der Waals surface area (Å²) in [5.74, 6) is 0. The largest absolute Gasteiger partial charge is 0.417 e. The predicted molar refractivity (Wildman–Crippen MR) is 111 cm³/mol. The van der Waals surface area contributed by atoms with Gasteiger partial charge in [-0.3, -0.25) is 19.3 Å². The van der Waals surface area contributed by atoms with Crippen molar-refractivity contribution in [3.63, 3.8) is 0 Å². The second kappa shape index (κ2) is 8.01. The maximum absolute atomic E-state index is 13.4. The summed E-state index contributed by atoms with van der Waals surface area (Å²) in [6.07, 6.45) is -0.200. The first-order valence-electron chi connectivity index (χ1n) is 9.94. The zero-order valence-electron chi connectivity index (χ0n) is 16.9. The summed E-state index contributed by atoms with van der Waals surface area (Å²) in [5, 5.41) is 10.3. The second-order valence-electron chi connectivity index (χ2n) is 7.55. The molecule has 1 fully saturated rings. The smallest absolute Gasteiger partial charge is 0.388 e. The Balaban J connectivity index is 1.73. The molecule has 0 radical (unpaired) electrons. The predicted octanol–water partition coefficient (Wildman–Crippen LogP) is 2.87. The van der Waals surface area contributed by atoms with E-state index in [0.29, 0.717) is 16.8 Å². The number of aliphatic hydroxyl groups is 1. The van der Waals surface area contributed by atoms with E-state index in [4.69, 9.17) is 4.74 Å². The van der Waals surface area contributed by atoms with Crippen molar-refractivity contribution in [1.82, 2.24) is 24.5 Å². The fourth-order valence-corrected chi connectivity index (χ4v) is 3.73. The van der Waals surface area contributed by atoms with E-state index in [-0.39, 0.29) is 30.0 Å². The number of fused-ring (bicyclic) bond motifs is 1. The van der Waals surface area contributed by atoms with Crippen molar-refractivity contribution < 1.29 is 23.0 Å². The van der Waals surface area contributed by atoms with Crippen LogP contribution in [0.5, 0.6) is 0 Å². The molecule has 5 rings (SSSR count). The standard InChI is InChI=1S/C22H16F3N5O3/c23-22(24,25)13-3-4-15(27-8-13)16-6-14-20(19(29-16)12-2-1-5-26-7-12)28-11-30(21(14)32)17-9-33-10-18(17)31/h1-8,11,17-18,31H,9-10H2/t17-,18-/m1/s1. The first-order valence-corrected chi connectivity index (χ1v) is 9.94. The first-order chi connectivity index (χ1) is 15.8. The van der Waals surface area contributed by atoms with E-state index >= 15 is 0 Å². The average Bonchev–Trinajstić information content (AvgIpc) is 3.24. The van der Waals surface area contributed by atoms with Gasteiger partial charge in [-0.05, 0) is 30.3 Å². The van der Waals surface area contributed by atoms with E-state index in [0.717, 1.165) is 12.3 Å². The van der Waals surface area contributed by atoms with Gasteiger partial charge in [0.2, 0.25) is 0 Å². The van der Waals surface area contributed by atoms with Gasteiger partial charge in [0.05, 0.1) is 53.6 Å². The maximum Gasteiger partial charge on any atom is 0.417 e. The number of rotatable bonds is 3. The Bertz CT molecular complexity index is 1370. The van der Waals surface area contributed by atoms with Gasteiger partial charge < -0.3 is 9.84 Å². The second-order valence-corrected chi connectivity index (χ2v) is 7.55. The van der Waals surface area contributed by atoms with E-state index in [9.17, 15) is 23.1 Å². The molecule has 1 N–H and O–H groups in total. The highest BCUT2D eigenvalue weighted by molar-refractivity contribution is 5.93. The van der Waals surface area contributed by atoms with E-state index in [1.165, 1.54) is 23.0 Å². The summed E-state index contributed by atoms with van der Waals surface area (Å²) in [4.78, 5) is 30.3. The maximum atomic E-state index is 13.4. The lowest BCUT2D eigenvalue weighted by Crippen LogP contribution is -2.32. The number of aliphatic hydroxyl groups excluding tert-OH is 1. The molecule has 8 nitrogen and oxygen atoms in total. The van der Waals surface area contributed by atoms with Crippen LogP contribution in [-0.4, -0.2) is 48.9 Å². The first kappa shape index (κ1) is 21.2. The van der Waals surface area contributed by atoms with Crippen LogP contribution in [0.3, 0.4) is 0 Å². The molecule has 0 unspecified atom stereocenters. The van der Waals surface area contributed by atoms with Crippen molar-refractivity contribution in [2.45, 2.75) is 18.3 Å². The van der Waals surface area contributed by atoms with Crippen molar-refractivity contribution in [3.05, 3.63) is 71.2 Å². The lowest BCUT2D eigenvalue weighted by molar-refractivity contribution is -0.137. The third-order valence-electron chi connectivity index (χ3n) is 5.44. The van der Waals surface area contributed by atoms with Crippen LogP contribution in [0.4, 0.5) is 13.2 Å². The molecule has 5 heterocycles. The molecule has 1 aliphatic rings. The number of aromatic nitrogens is 5. The molecule has 33 heavy (non-hydrogen) atoms. The van der Waals surface area contributed by atoms with Gasteiger partial charge in [-0.15, -0.1) is 0 Å². The molecule has 2 atom stereocenters. The molecule has 0 bridgehead atoms. The third-order valence-corrected chi connectivity index (χ3v) is 5.44. The molecule has 0 aromatic carbocycles. The minimum atomic E-state index is -4.52. The van der Waals surface area contributed by atoms with Crippen LogP contribution in [0.15, 0.2) is 60.0 Å². The Labute approximate surface area is 184 Å². The quantitative estimate of drug-likeness (QED) is 0.507. The van der Waals surface area contributed by atoms with Gasteiger partial charge in [-0.2, -0.15) is 13.2 Å². The number of alkyl halides is 3. The van der Waals surface area contributed by atoms with Crippen LogP contribution in [0.2, 0.25) is 0 Å². The van der Waals surface area contributed by atoms with Crippen molar-refractivity contribution in [1.29, 1.82) is 0 Å². The monoisotopic (exact) mass is 455 g/mol. The van der Waals surface area contributed by atoms with Crippen LogP contribution in [0.25, 0.3) is 33.5 Å². The molecule has 168 valence electrons. The van der Waals surface area contributed by atoms with Crippen LogP contribution >= 0.6 is 0 Å². The van der Waals surface area contributed by atoms with Crippen molar-refractivity contribution in [2.75, 3.05) is 13.2 Å². The number of hydrogen-bond donors (Lipinski definition) is 1. The lowest BCUT2D eigenvalue weighted by Gasteiger charge is -2.17. The molecule has 0 saturated carbocycles. The van der Waals surface area contributed by atoms with E-state index in [1.807, 2.05) is 0 Å².